The summed E-state index contributed by atoms with van der Waals surface area (Å²) in [5.74, 6) is 2.85. The molecule has 0 saturated carbocycles. The Bertz CT molecular complexity index is 970. The zero-order chi connectivity index (χ0) is 19.8. The Hall–Kier alpha value is -2.99. The molecule has 1 aliphatic carbocycles. The number of nitrogens with zero attached hydrogens (tertiary/aromatic N) is 1. The normalized spacial score (nSPS) is 22.3. The van der Waals surface area contributed by atoms with Crippen LogP contribution >= 0.6 is 0 Å². The predicted octanol–water partition coefficient (Wildman–Crippen LogP) is 5.51. The second-order valence-corrected chi connectivity index (χ2v) is 8.27. The van der Waals surface area contributed by atoms with E-state index < -0.39 is 0 Å². The number of fused-ring (bicyclic) bond motifs is 5. The average molecular weight is 383 g/mol. The number of hydrogen-bond acceptors (Lipinski definition) is 2. The maximum atomic E-state index is 13.1. The zero-order valence-corrected chi connectivity index (χ0v) is 16.5. The second-order valence-electron chi connectivity index (χ2n) is 8.27. The molecule has 1 amide bonds. The minimum Gasteiger partial charge on any atom is -0.448 e. The highest BCUT2D eigenvalue weighted by Crippen LogP contribution is 2.44. The van der Waals surface area contributed by atoms with Crippen LogP contribution in [0.4, 0.5) is 4.79 Å². The van der Waals surface area contributed by atoms with Crippen molar-refractivity contribution in [1.82, 2.24) is 4.90 Å². The molecule has 2 aromatic carbocycles. The fraction of sp³-hybridized carbons (Fsp3) is 0.346. The molecule has 3 nitrogen and oxygen atoms in total. The maximum Gasteiger partial charge on any atom is 0.410 e. The van der Waals surface area contributed by atoms with Gasteiger partial charge in [0, 0.05) is 18.4 Å². The first kappa shape index (κ1) is 18.1. The highest BCUT2D eigenvalue weighted by atomic mass is 16.6. The average Bonchev–Trinajstić information content (AvgIpc) is 3.05. The van der Waals surface area contributed by atoms with Crippen LogP contribution in [0.2, 0.25) is 0 Å². The van der Waals surface area contributed by atoms with Crippen molar-refractivity contribution in [2.75, 3.05) is 6.61 Å². The molecule has 2 aromatic rings. The summed E-state index contributed by atoms with van der Waals surface area (Å²) >= 11 is 0. The molecule has 2 unspecified atom stereocenters. The van der Waals surface area contributed by atoms with Gasteiger partial charge in [-0.2, -0.15) is 0 Å². The van der Waals surface area contributed by atoms with E-state index in [1.165, 1.54) is 27.8 Å². The first-order valence-corrected chi connectivity index (χ1v) is 10.5. The predicted molar refractivity (Wildman–Crippen MR) is 114 cm³/mol. The van der Waals surface area contributed by atoms with E-state index in [1.807, 2.05) is 4.90 Å². The number of rotatable bonds is 3. The fourth-order valence-electron chi connectivity index (χ4n) is 5.33. The monoisotopic (exact) mass is 383 g/mol. The number of carbonyl (C=O) groups excluding carboxylic acids is 1. The van der Waals surface area contributed by atoms with Gasteiger partial charge in [0.05, 0.1) is 6.04 Å². The van der Waals surface area contributed by atoms with Gasteiger partial charge in [-0.05, 0) is 47.9 Å². The molecule has 5 rings (SSSR count). The van der Waals surface area contributed by atoms with Gasteiger partial charge in [0.2, 0.25) is 0 Å². The first-order chi connectivity index (χ1) is 14.3. The van der Waals surface area contributed by atoms with Crippen LogP contribution < -0.4 is 0 Å². The molecule has 1 saturated heterocycles. The van der Waals surface area contributed by atoms with Gasteiger partial charge in [-0.15, -0.1) is 12.3 Å². The van der Waals surface area contributed by atoms with Gasteiger partial charge < -0.3 is 4.74 Å². The molecule has 2 atom stereocenters. The lowest BCUT2D eigenvalue weighted by atomic mass is 9.84. The number of ether oxygens (including phenoxy) is 1. The summed E-state index contributed by atoms with van der Waals surface area (Å²) in [4.78, 5) is 15.1. The smallest absolute Gasteiger partial charge is 0.410 e. The van der Waals surface area contributed by atoms with E-state index in [1.54, 1.807) is 0 Å². The van der Waals surface area contributed by atoms with Crippen LogP contribution in [0.5, 0.6) is 0 Å². The lowest BCUT2D eigenvalue weighted by Gasteiger charge is -2.44. The highest BCUT2D eigenvalue weighted by molar-refractivity contribution is 5.79. The van der Waals surface area contributed by atoms with E-state index in [0.717, 1.165) is 25.7 Å². The third-order valence-corrected chi connectivity index (χ3v) is 6.59. The molecule has 2 heterocycles. The van der Waals surface area contributed by atoms with Crippen molar-refractivity contribution in [3.63, 3.8) is 0 Å². The van der Waals surface area contributed by atoms with E-state index in [0.29, 0.717) is 13.0 Å². The number of benzene rings is 2. The van der Waals surface area contributed by atoms with Crippen molar-refractivity contribution in [3.8, 4) is 23.5 Å². The van der Waals surface area contributed by atoms with E-state index in [2.05, 4.69) is 60.5 Å². The SMILES string of the molecule is C#CCC1=CC2CCCC(C1)N2C(=O)OCC1c2ccccc2-c2ccccc21. The van der Waals surface area contributed by atoms with Crippen LogP contribution in [0.1, 0.15) is 49.1 Å². The Morgan fingerprint density at radius 3 is 2.41 bits per heavy atom. The van der Waals surface area contributed by atoms with E-state index in [4.69, 9.17) is 11.2 Å². The van der Waals surface area contributed by atoms with Gasteiger partial charge in [-0.3, -0.25) is 4.90 Å². The summed E-state index contributed by atoms with van der Waals surface area (Å²) in [5, 5.41) is 0. The van der Waals surface area contributed by atoms with Crippen molar-refractivity contribution in [2.45, 2.75) is 50.1 Å². The number of carbonyl (C=O) groups is 1. The first-order valence-electron chi connectivity index (χ1n) is 10.5. The molecule has 146 valence electrons. The zero-order valence-electron chi connectivity index (χ0n) is 16.5. The topological polar surface area (TPSA) is 29.5 Å². The third-order valence-electron chi connectivity index (χ3n) is 6.59. The Kier molecular flexibility index (Phi) is 4.64. The molecule has 2 aliphatic heterocycles. The van der Waals surface area contributed by atoms with E-state index >= 15 is 0 Å². The minimum absolute atomic E-state index is 0.100. The molecule has 0 N–H and O–H groups in total. The van der Waals surface area contributed by atoms with Crippen molar-refractivity contribution < 1.29 is 9.53 Å². The van der Waals surface area contributed by atoms with E-state index in [-0.39, 0.29) is 24.1 Å². The van der Waals surface area contributed by atoms with Crippen LogP contribution in [0.15, 0.2) is 60.2 Å². The van der Waals surface area contributed by atoms with Crippen LogP contribution in [-0.4, -0.2) is 29.7 Å². The van der Waals surface area contributed by atoms with E-state index in [9.17, 15) is 4.79 Å². The van der Waals surface area contributed by atoms with Gasteiger partial charge in [0.25, 0.3) is 0 Å². The summed E-state index contributed by atoms with van der Waals surface area (Å²) in [7, 11) is 0. The summed E-state index contributed by atoms with van der Waals surface area (Å²) in [6.07, 6.45) is 12.3. The number of hydrogen-bond donors (Lipinski definition) is 0. The Balaban J connectivity index is 1.35. The Labute approximate surface area is 172 Å². The molecule has 2 bridgehead atoms. The summed E-state index contributed by atoms with van der Waals surface area (Å²) in [6, 6.07) is 17.2. The molecular formula is C26H25NO2. The molecule has 3 heteroatoms. The fourth-order valence-corrected chi connectivity index (χ4v) is 5.33. The molecule has 0 aromatic heterocycles. The molecular weight excluding hydrogens is 358 g/mol. The van der Waals surface area contributed by atoms with Crippen LogP contribution in [0, 0.1) is 12.3 Å². The number of terminal acetylenes is 1. The summed E-state index contributed by atoms with van der Waals surface area (Å²) < 4.78 is 5.93. The molecule has 0 radical (unpaired) electrons. The molecule has 1 fully saturated rings. The van der Waals surface area contributed by atoms with Gasteiger partial charge in [-0.1, -0.05) is 60.2 Å². The highest BCUT2D eigenvalue weighted by Gasteiger charge is 2.38. The minimum atomic E-state index is -0.183. The third kappa shape index (κ3) is 3.13. The maximum absolute atomic E-state index is 13.1. The second kappa shape index (κ2) is 7.44. The molecule has 0 spiro atoms. The van der Waals surface area contributed by atoms with Crippen molar-refractivity contribution >= 4 is 6.09 Å². The largest absolute Gasteiger partial charge is 0.448 e. The van der Waals surface area contributed by atoms with Gasteiger partial charge in [-0.25, -0.2) is 4.79 Å². The summed E-state index contributed by atoms with van der Waals surface area (Å²) in [6.45, 7) is 0.379. The van der Waals surface area contributed by atoms with Crippen LogP contribution in [0.3, 0.4) is 0 Å². The van der Waals surface area contributed by atoms with Crippen molar-refractivity contribution in [2.24, 2.45) is 0 Å². The van der Waals surface area contributed by atoms with Gasteiger partial charge in [0.15, 0.2) is 0 Å². The van der Waals surface area contributed by atoms with Gasteiger partial charge >= 0.3 is 6.09 Å². The standard InChI is InChI=1S/C26H25NO2/c1-2-8-18-15-19-9-7-10-20(16-18)27(19)26(28)29-17-25-23-13-5-3-11-21(23)22-12-4-6-14-24(22)25/h1,3-6,11-15,19-20,25H,7-10,16-17H2. The van der Waals surface area contributed by atoms with Crippen LogP contribution in [0.25, 0.3) is 11.1 Å². The molecule has 29 heavy (non-hydrogen) atoms. The Morgan fingerprint density at radius 1 is 1.07 bits per heavy atom. The number of amides is 1. The quantitative estimate of drug-likeness (QED) is 0.516. The van der Waals surface area contributed by atoms with Crippen molar-refractivity contribution in [1.29, 1.82) is 0 Å². The Morgan fingerprint density at radius 2 is 1.76 bits per heavy atom. The summed E-state index contributed by atoms with van der Waals surface area (Å²) in [5.41, 5.74) is 6.29. The van der Waals surface area contributed by atoms with Crippen LogP contribution in [-0.2, 0) is 4.74 Å². The lowest BCUT2D eigenvalue weighted by molar-refractivity contribution is 0.0510. The van der Waals surface area contributed by atoms with Crippen molar-refractivity contribution in [3.05, 3.63) is 71.3 Å². The number of piperidine rings is 1. The van der Waals surface area contributed by atoms with Gasteiger partial charge in [0.1, 0.15) is 6.61 Å². The lowest BCUT2D eigenvalue weighted by Crippen LogP contribution is -2.52. The molecule has 3 aliphatic rings.